The zero-order valence-corrected chi connectivity index (χ0v) is 14.2. The summed E-state index contributed by atoms with van der Waals surface area (Å²) in [5, 5.41) is 6.48. The van der Waals surface area contributed by atoms with E-state index in [1.807, 2.05) is 0 Å². The van der Waals surface area contributed by atoms with Crippen LogP contribution in [-0.4, -0.2) is 49.6 Å². The highest BCUT2D eigenvalue weighted by molar-refractivity contribution is 5.76. The van der Waals surface area contributed by atoms with Crippen molar-refractivity contribution in [2.45, 2.75) is 53.0 Å². The standard InChI is InChI=1S/C17H33N3O/c1-14(2)6-10-20-11-7-16(8-12-20)18-9-5-17(21)19-13-15(3)4/h6,15-16,18H,5,7-13H2,1-4H3,(H,19,21). The fourth-order valence-electron chi connectivity index (χ4n) is 2.43. The van der Waals surface area contributed by atoms with Gasteiger partial charge in [-0.15, -0.1) is 0 Å². The number of hydrogen-bond acceptors (Lipinski definition) is 3. The molecule has 0 atom stereocenters. The lowest BCUT2D eigenvalue weighted by Gasteiger charge is -2.31. The number of allylic oxidation sites excluding steroid dienone is 1. The fourth-order valence-corrected chi connectivity index (χ4v) is 2.43. The molecule has 0 aliphatic carbocycles. The van der Waals surface area contributed by atoms with Gasteiger partial charge in [0.15, 0.2) is 0 Å². The highest BCUT2D eigenvalue weighted by atomic mass is 16.1. The molecule has 0 unspecified atom stereocenters. The Morgan fingerprint density at radius 3 is 2.52 bits per heavy atom. The Bertz CT molecular complexity index is 327. The largest absolute Gasteiger partial charge is 0.356 e. The summed E-state index contributed by atoms with van der Waals surface area (Å²) in [4.78, 5) is 14.1. The Morgan fingerprint density at radius 1 is 1.29 bits per heavy atom. The topological polar surface area (TPSA) is 44.4 Å². The third kappa shape index (κ3) is 8.89. The van der Waals surface area contributed by atoms with Crippen LogP contribution in [0.3, 0.4) is 0 Å². The molecule has 1 rings (SSSR count). The van der Waals surface area contributed by atoms with E-state index in [9.17, 15) is 4.79 Å². The third-order valence-electron chi connectivity index (χ3n) is 3.84. The number of nitrogens with one attached hydrogen (secondary N) is 2. The molecule has 122 valence electrons. The Labute approximate surface area is 130 Å². The van der Waals surface area contributed by atoms with E-state index >= 15 is 0 Å². The van der Waals surface area contributed by atoms with Gasteiger partial charge in [0.05, 0.1) is 0 Å². The molecule has 0 aromatic carbocycles. The number of hydrogen-bond donors (Lipinski definition) is 2. The summed E-state index contributed by atoms with van der Waals surface area (Å²) in [6, 6.07) is 0.575. The first kappa shape index (κ1) is 18.2. The summed E-state index contributed by atoms with van der Waals surface area (Å²) < 4.78 is 0. The molecular formula is C17H33N3O. The first-order chi connectivity index (χ1) is 9.97. The molecule has 1 heterocycles. The molecule has 4 nitrogen and oxygen atoms in total. The van der Waals surface area contributed by atoms with Gasteiger partial charge < -0.3 is 10.6 Å². The number of rotatable bonds is 8. The molecule has 0 aromatic heterocycles. The molecular weight excluding hydrogens is 262 g/mol. The number of carbonyl (C=O) groups excluding carboxylic acids is 1. The molecule has 2 N–H and O–H groups in total. The summed E-state index contributed by atoms with van der Waals surface area (Å²) in [5.74, 6) is 0.684. The van der Waals surface area contributed by atoms with E-state index in [4.69, 9.17) is 0 Å². The number of nitrogens with zero attached hydrogens (tertiary/aromatic N) is 1. The minimum atomic E-state index is 0.164. The van der Waals surface area contributed by atoms with Crippen LogP contribution in [0.4, 0.5) is 0 Å². The monoisotopic (exact) mass is 295 g/mol. The summed E-state index contributed by atoms with van der Waals surface area (Å²) >= 11 is 0. The van der Waals surface area contributed by atoms with Gasteiger partial charge in [-0.1, -0.05) is 25.5 Å². The van der Waals surface area contributed by atoms with Crippen LogP contribution in [0.15, 0.2) is 11.6 Å². The van der Waals surface area contributed by atoms with Gasteiger partial charge in [-0.25, -0.2) is 0 Å². The predicted octanol–water partition coefficient (Wildman–Crippen LogP) is 2.17. The van der Waals surface area contributed by atoms with Crippen molar-refractivity contribution in [1.29, 1.82) is 0 Å². The van der Waals surface area contributed by atoms with Crippen LogP contribution in [-0.2, 0) is 4.79 Å². The lowest BCUT2D eigenvalue weighted by Crippen LogP contribution is -2.43. The maximum Gasteiger partial charge on any atom is 0.221 e. The lowest BCUT2D eigenvalue weighted by atomic mass is 10.0. The minimum Gasteiger partial charge on any atom is -0.356 e. The first-order valence-electron chi connectivity index (χ1n) is 8.33. The highest BCUT2D eigenvalue weighted by Gasteiger charge is 2.17. The second kappa shape index (κ2) is 9.96. The van der Waals surface area contributed by atoms with Crippen molar-refractivity contribution in [2.24, 2.45) is 5.92 Å². The predicted molar refractivity (Wildman–Crippen MR) is 89.4 cm³/mol. The van der Waals surface area contributed by atoms with E-state index in [1.54, 1.807) is 0 Å². The average Bonchev–Trinajstić information content (AvgIpc) is 2.44. The summed E-state index contributed by atoms with van der Waals surface area (Å²) in [6.07, 6.45) is 5.26. The van der Waals surface area contributed by atoms with E-state index in [2.05, 4.69) is 49.3 Å². The SMILES string of the molecule is CC(C)=CCN1CCC(NCCC(=O)NCC(C)C)CC1. The molecule has 1 aliphatic rings. The van der Waals surface area contributed by atoms with Crippen LogP contribution in [0.2, 0.25) is 0 Å². The van der Waals surface area contributed by atoms with E-state index in [1.165, 1.54) is 18.4 Å². The van der Waals surface area contributed by atoms with Crippen molar-refractivity contribution in [3.05, 3.63) is 11.6 Å². The molecule has 0 saturated carbocycles. The smallest absolute Gasteiger partial charge is 0.221 e. The van der Waals surface area contributed by atoms with Gasteiger partial charge in [-0.05, 0) is 45.7 Å². The Morgan fingerprint density at radius 2 is 1.95 bits per heavy atom. The average molecular weight is 295 g/mol. The molecule has 1 amide bonds. The summed E-state index contributed by atoms with van der Waals surface area (Å²) in [5.41, 5.74) is 1.39. The number of carbonyl (C=O) groups is 1. The molecule has 4 heteroatoms. The Hall–Kier alpha value is -0.870. The van der Waals surface area contributed by atoms with Crippen molar-refractivity contribution in [2.75, 3.05) is 32.7 Å². The van der Waals surface area contributed by atoms with Crippen molar-refractivity contribution in [1.82, 2.24) is 15.5 Å². The Kier molecular flexibility index (Phi) is 8.62. The molecule has 1 saturated heterocycles. The number of likely N-dealkylation sites (tertiary alicyclic amines) is 1. The van der Waals surface area contributed by atoms with Crippen LogP contribution in [0.1, 0.15) is 47.0 Å². The molecule has 0 radical (unpaired) electrons. The van der Waals surface area contributed by atoms with E-state index in [0.717, 1.165) is 32.7 Å². The van der Waals surface area contributed by atoms with Crippen LogP contribution >= 0.6 is 0 Å². The van der Waals surface area contributed by atoms with Crippen LogP contribution in [0.5, 0.6) is 0 Å². The van der Waals surface area contributed by atoms with Crippen molar-refractivity contribution < 1.29 is 4.79 Å². The zero-order chi connectivity index (χ0) is 15.7. The van der Waals surface area contributed by atoms with E-state index in [-0.39, 0.29) is 5.91 Å². The minimum absolute atomic E-state index is 0.164. The molecule has 1 fully saturated rings. The van der Waals surface area contributed by atoms with Gasteiger partial charge in [0.2, 0.25) is 5.91 Å². The second-order valence-electron chi connectivity index (χ2n) is 6.76. The van der Waals surface area contributed by atoms with Crippen LogP contribution in [0.25, 0.3) is 0 Å². The maximum absolute atomic E-state index is 11.6. The number of piperidine rings is 1. The quantitative estimate of drug-likeness (QED) is 0.675. The molecule has 0 aromatic rings. The Balaban J connectivity index is 2.08. The van der Waals surface area contributed by atoms with Gasteiger partial charge >= 0.3 is 0 Å². The van der Waals surface area contributed by atoms with E-state index in [0.29, 0.717) is 18.4 Å². The second-order valence-corrected chi connectivity index (χ2v) is 6.76. The maximum atomic E-state index is 11.6. The van der Waals surface area contributed by atoms with Crippen molar-refractivity contribution >= 4 is 5.91 Å². The normalized spacial score (nSPS) is 17.0. The van der Waals surface area contributed by atoms with E-state index < -0.39 is 0 Å². The molecule has 21 heavy (non-hydrogen) atoms. The highest BCUT2D eigenvalue weighted by Crippen LogP contribution is 2.10. The third-order valence-corrected chi connectivity index (χ3v) is 3.84. The van der Waals surface area contributed by atoms with Crippen molar-refractivity contribution in [3.63, 3.8) is 0 Å². The van der Waals surface area contributed by atoms with Gasteiger partial charge in [-0.3, -0.25) is 9.69 Å². The zero-order valence-electron chi connectivity index (χ0n) is 14.2. The van der Waals surface area contributed by atoms with Gasteiger partial charge in [0.25, 0.3) is 0 Å². The van der Waals surface area contributed by atoms with Crippen LogP contribution < -0.4 is 10.6 Å². The summed E-state index contributed by atoms with van der Waals surface area (Å²) in [6.45, 7) is 13.5. The lowest BCUT2D eigenvalue weighted by molar-refractivity contribution is -0.121. The molecule has 0 spiro atoms. The van der Waals surface area contributed by atoms with Gasteiger partial charge in [-0.2, -0.15) is 0 Å². The molecule has 0 bridgehead atoms. The first-order valence-corrected chi connectivity index (χ1v) is 8.33. The fraction of sp³-hybridized carbons (Fsp3) is 0.824. The summed E-state index contributed by atoms with van der Waals surface area (Å²) in [7, 11) is 0. The van der Waals surface area contributed by atoms with Gasteiger partial charge in [0.1, 0.15) is 0 Å². The molecule has 1 aliphatic heterocycles. The number of amides is 1. The van der Waals surface area contributed by atoms with Gasteiger partial charge in [0, 0.05) is 32.1 Å². The van der Waals surface area contributed by atoms with Crippen LogP contribution in [0, 0.1) is 5.92 Å². The van der Waals surface area contributed by atoms with Crippen molar-refractivity contribution in [3.8, 4) is 0 Å².